The quantitative estimate of drug-likeness (QED) is 0.893. The average Bonchev–Trinajstić information content (AvgIpc) is 2.93. The number of aliphatic hydroxyl groups is 1. The van der Waals surface area contributed by atoms with E-state index in [1.54, 1.807) is 0 Å². The lowest BCUT2D eigenvalue weighted by Crippen LogP contribution is -2.46. The van der Waals surface area contributed by atoms with E-state index in [-0.39, 0.29) is 25.2 Å². The van der Waals surface area contributed by atoms with Gasteiger partial charge in [0.15, 0.2) is 4.90 Å². The molecule has 2 saturated heterocycles. The molecule has 0 spiro atoms. The van der Waals surface area contributed by atoms with Crippen LogP contribution in [0.5, 0.6) is 0 Å². The molecular formula is C15H20F2N2O3S. The van der Waals surface area contributed by atoms with Crippen LogP contribution in [0.3, 0.4) is 0 Å². The number of β-amino-alcohol motifs (C(OH)–C–C–N with tert-alkyl or cyclic N) is 1. The largest absolute Gasteiger partial charge is 0.392 e. The summed E-state index contributed by atoms with van der Waals surface area (Å²) in [5.74, 6) is -2.12. The number of sulfonamides is 1. The van der Waals surface area contributed by atoms with E-state index < -0.39 is 26.6 Å². The van der Waals surface area contributed by atoms with Crippen LogP contribution in [0.1, 0.15) is 19.3 Å². The highest BCUT2D eigenvalue weighted by molar-refractivity contribution is 7.89. The van der Waals surface area contributed by atoms with E-state index in [0.29, 0.717) is 19.4 Å². The zero-order valence-corrected chi connectivity index (χ0v) is 13.5. The van der Waals surface area contributed by atoms with Gasteiger partial charge in [-0.1, -0.05) is 6.07 Å². The van der Waals surface area contributed by atoms with Gasteiger partial charge in [0, 0.05) is 32.2 Å². The highest BCUT2D eigenvalue weighted by Gasteiger charge is 2.36. The molecule has 2 aliphatic rings. The first-order valence-corrected chi connectivity index (χ1v) is 9.20. The molecule has 3 rings (SSSR count). The second-order valence-corrected chi connectivity index (χ2v) is 8.00. The van der Waals surface area contributed by atoms with E-state index in [0.717, 1.165) is 35.5 Å². The molecular weight excluding hydrogens is 326 g/mol. The fourth-order valence-corrected chi connectivity index (χ4v) is 4.98. The second kappa shape index (κ2) is 6.43. The van der Waals surface area contributed by atoms with E-state index in [1.807, 2.05) is 0 Å². The van der Waals surface area contributed by atoms with Crippen LogP contribution in [-0.2, 0) is 10.0 Å². The summed E-state index contributed by atoms with van der Waals surface area (Å²) >= 11 is 0. The Kier molecular flexibility index (Phi) is 4.68. The van der Waals surface area contributed by atoms with Crippen LogP contribution in [0.25, 0.3) is 0 Å². The molecule has 0 radical (unpaired) electrons. The molecule has 0 bridgehead atoms. The van der Waals surface area contributed by atoms with Gasteiger partial charge in [-0.25, -0.2) is 17.2 Å². The number of hydrogen-bond acceptors (Lipinski definition) is 4. The van der Waals surface area contributed by atoms with Crippen LogP contribution in [-0.4, -0.2) is 61.1 Å². The number of rotatable bonds is 3. The Hall–Kier alpha value is -1.09. The molecule has 0 aliphatic carbocycles. The number of aliphatic hydroxyl groups excluding tert-OH is 1. The topological polar surface area (TPSA) is 60.9 Å². The molecule has 0 unspecified atom stereocenters. The van der Waals surface area contributed by atoms with Crippen LogP contribution in [0, 0.1) is 11.6 Å². The molecule has 1 N–H and O–H groups in total. The predicted molar refractivity (Wildman–Crippen MR) is 80.3 cm³/mol. The maximum atomic E-state index is 13.8. The zero-order chi connectivity index (χ0) is 16.6. The molecule has 8 heteroatoms. The van der Waals surface area contributed by atoms with Crippen molar-refractivity contribution < 1.29 is 22.3 Å². The van der Waals surface area contributed by atoms with Crippen molar-refractivity contribution in [1.82, 2.24) is 9.21 Å². The van der Waals surface area contributed by atoms with Crippen molar-refractivity contribution in [3.05, 3.63) is 29.8 Å². The Morgan fingerprint density at radius 1 is 1.04 bits per heavy atom. The minimum atomic E-state index is -4.17. The minimum Gasteiger partial charge on any atom is -0.392 e. The Balaban J connectivity index is 1.72. The standard InChI is InChI=1S/C15H20F2N2O3S/c16-13-2-1-3-14(17)15(13)23(21,22)19-8-4-11(5-9-19)18-7-6-12(20)10-18/h1-3,11-12,20H,4-10H2/t12-/m1/s1. The van der Waals surface area contributed by atoms with Gasteiger partial charge in [-0.05, 0) is 31.4 Å². The van der Waals surface area contributed by atoms with Gasteiger partial charge in [-0.2, -0.15) is 4.31 Å². The monoisotopic (exact) mass is 346 g/mol. The summed E-state index contributed by atoms with van der Waals surface area (Å²) in [7, 11) is -4.17. The Morgan fingerprint density at radius 2 is 1.65 bits per heavy atom. The second-order valence-electron chi connectivity index (χ2n) is 6.12. The normalized spacial score (nSPS) is 25.1. The summed E-state index contributed by atoms with van der Waals surface area (Å²) < 4.78 is 53.7. The number of hydrogen-bond donors (Lipinski definition) is 1. The van der Waals surface area contributed by atoms with Gasteiger partial charge in [0.05, 0.1) is 6.10 Å². The van der Waals surface area contributed by atoms with E-state index in [9.17, 15) is 22.3 Å². The van der Waals surface area contributed by atoms with Crippen molar-refractivity contribution in [1.29, 1.82) is 0 Å². The third-order valence-electron chi connectivity index (χ3n) is 4.65. The third-order valence-corrected chi connectivity index (χ3v) is 6.60. The van der Waals surface area contributed by atoms with Crippen molar-refractivity contribution in [2.24, 2.45) is 0 Å². The minimum absolute atomic E-state index is 0.212. The molecule has 2 aliphatic heterocycles. The van der Waals surface area contributed by atoms with Crippen LogP contribution in [0.2, 0.25) is 0 Å². The lowest BCUT2D eigenvalue weighted by molar-refractivity contribution is 0.132. The molecule has 2 fully saturated rings. The lowest BCUT2D eigenvalue weighted by atomic mass is 10.1. The van der Waals surface area contributed by atoms with Crippen LogP contribution in [0.4, 0.5) is 8.78 Å². The maximum Gasteiger partial charge on any atom is 0.248 e. The van der Waals surface area contributed by atoms with Gasteiger partial charge < -0.3 is 5.11 Å². The van der Waals surface area contributed by atoms with Crippen molar-refractivity contribution in [3.8, 4) is 0 Å². The van der Waals surface area contributed by atoms with Gasteiger partial charge in [0.1, 0.15) is 11.6 Å². The van der Waals surface area contributed by atoms with Gasteiger partial charge in [0.2, 0.25) is 10.0 Å². The Morgan fingerprint density at radius 3 is 2.17 bits per heavy atom. The van der Waals surface area contributed by atoms with E-state index in [4.69, 9.17) is 0 Å². The molecule has 2 heterocycles. The molecule has 128 valence electrons. The first-order chi connectivity index (χ1) is 10.9. The number of benzene rings is 1. The summed E-state index contributed by atoms with van der Waals surface area (Å²) in [5.41, 5.74) is 0. The molecule has 1 atom stereocenters. The molecule has 1 aromatic rings. The van der Waals surface area contributed by atoms with Gasteiger partial charge in [0.25, 0.3) is 0 Å². The van der Waals surface area contributed by atoms with Crippen LogP contribution < -0.4 is 0 Å². The van der Waals surface area contributed by atoms with Crippen molar-refractivity contribution in [2.45, 2.75) is 36.3 Å². The van der Waals surface area contributed by atoms with E-state index >= 15 is 0 Å². The van der Waals surface area contributed by atoms with Gasteiger partial charge in [-0.15, -0.1) is 0 Å². The molecule has 1 aromatic carbocycles. The summed E-state index contributed by atoms with van der Waals surface area (Å²) in [5, 5.41) is 9.59. The summed E-state index contributed by atoms with van der Waals surface area (Å²) in [6.07, 6.45) is 1.62. The van der Waals surface area contributed by atoms with Crippen LogP contribution in [0.15, 0.2) is 23.1 Å². The highest BCUT2D eigenvalue weighted by atomic mass is 32.2. The van der Waals surface area contributed by atoms with E-state index in [1.165, 1.54) is 0 Å². The SMILES string of the molecule is O=S(=O)(c1c(F)cccc1F)N1CCC(N2CC[C@@H](O)C2)CC1. The lowest BCUT2D eigenvalue weighted by Gasteiger charge is -2.36. The van der Waals surface area contributed by atoms with Gasteiger partial charge >= 0.3 is 0 Å². The smallest absolute Gasteiger partial charge is 0.248 e. The highest BCUT2D eigenvalue weighted by Crippen LogP contribution is 2.27. The van der Waals surface area contributed by atoms with Crippen molar-refractivity contribution >= 4 is 10.0 Å². The van der Waals surface area contributed by atoms with Crippen LogP contribution >= 0.6 is 0 Å². The molecule has 0 amide bonds. The maximum absolute atomic E-state index is 13.8. The molecule has 0 aromatic heterocycles. The molecule has 0 saturated carbocycles. The number of nitrogens with zero attached hydrogens (tertiary/aromatic N) is 2. The van der Waals surface area contributed by atoms with Gasteiger partial charge in [-0.3, -0.25) is 4.90 Å². The summed E-state index contributed by atoms with van der Waals surface area (Å²) in [6.45, 7) is 1.88. The average molecular weight is 346 g/mol. The fourth-order valence-electron chi connectivity index (χ4n) is 3.41. The molecule has 23 heavy (non-hydrogen) atoms. The van der Waals surface area contributed by atoms with Crippen molar-refractivity contribution in [3.63, 3.8) is 0 Å². The number of halogens is 2. The predicted octanol–water partition coefficient (Wildman–Crippen LogP) is 1.18. The summed E-state index contributed by atoms with van der Waals surface area (Å²) in [4.78, 5) is 1.30. The van der Waals surface area contributed by atoms with Crippen molar-refractivity contribution in [2.75, 3.05) is 26.2 Å². The van der Waals surface area contributed by atoms with E-state index in [2.05, 4.69) is 4.90 Å². The Bertz CT molecular complexity index is 655. The Labute approximate surface area is 134 Å². The first kappa shape index (κ1) is 16.8. The fraction of sp³-hybridized carbons (Fsp3) is 0.600. The zero-order valence-electron chi connectivity index (χ0n) is 12.7. The first-order valence-electron chi connectivity index (χ1n) is 7.76. The number of piperidine rings is 1. The molecule has 5 nitrogen and oxygen atoms in total. The summed E-state index contributed by atoms with van der Waals surface area (Å²) in [6, 6.07) is 3.26. The number of likely N-dealkylation sites (tertiary alicyclic amines) is 1. The third kappa shape index (κ3) is 3.26.